The molecule has 1 amide bonds. The van der Waals surface area contributed by atoms with Gasteiger partial charge in [0.25, 0.3) is 5.91 Å². The summed E-state index contributed by atoms with van der Waals surface area (Å²) < 4.78 is 38.8. The Bertz CT molecular complexity index is 441. The van der Waals surface area contributed by atoms with Gasteiger partial charge in [0.15, 0.2) is 0 Å². The van der Waals surface area contributed by atoms with Crippen molar-refractivity contribution in [1.29, 1.82) is 0 Å². The standard InChI is InChI=1S/C12H13BrF3NO/c1-3-17(4-2)11(18)10-8(12(14,15)16)6-5-7-9(10)13/h5-7H,3-4H2,1-2H3. The quantitative estimate of drug-likeness (QED) is 0.824. The Hall–Kier alpha value is -1.04. The number of alkyl halides is 3. The molecule has 1 aromatic rings. The summed E-state index contributed by atoms with van der Waals surface area (Å²) in [4.78, 5) is 13.4. The molecule has 6 heteroatoms. The summed E-state index contributed by atoms with van der Waals surface area (Å²) in [6, 6.07) is 3.62. The maximum Gasteiger partial charge on any atom is 0.417 e. The minimum atomic E-state index is -4.54. The van der Waals surface area contributed by atoms with Crippen LogP contribution in [0, 0.1) is 0 Å². The van der Waals surface area contributed by atoms with E-state index in [2.05, 4.69) is 15.9 Å². The zero-order valence-corrected chi connectivity index (χ0v) is 11.6. The van der Waals surface area contributed by atoms with E-state index in [-0.39, 0.29) is 10.0 Å². The summed E-state index contributed by atoms with van der Waals surface area (Å²) in [5.74, 6) is -0.611. The highest BCUT2D eigenvalue weighted by molar-refractivity contribution is 9.10. The van der Waals surface area contributed by atoms with Gasteiger partial charge in [0.05, 0.1) is 11.1 Å². The van der Waals surface area contributed by atoms with Gasteiger partial charge in [0, 0.05) is 17.6 Å². The largest absolute Gasteiger partial charge is 0.417 e. The lowest BCUT2D eigenvalue weighted by molar-refractivity contribution is -0.138. The van der Waals surface area contributed by atoms with E-state index in [1.807, 2.05) is 0 Å². The van der Waals surface area contributed by atoms with E-state index >= 15 is 0 Å². The molecule has 18 heavy (non-hydrogen) atoms. The number of rotatable bonds is 3. The molecule has 0 N–H and O–H groups in total. The molecule has 0 aliphatic carbocycles. The Labute approximate surface area is 112 Å². The first kappa shape index (κ1) is 15.0. The summed E-state index contributed by atoms with van der Waals surface area (Å²) in [6.07, 6.45) is -4.54. The number of nitrogens with zero attached hydrogens (tertiary/aromatic N) is 1. The first-order chi connectivity index (χ1) is 8.32. The summed E-state index contributed by atoms with van der Waals surface area (Å²) in [6.45, 7) is 4.19. The van der Waals surface area contributed by atoms with Crippen LogP contribution < -0.4 is 0 Å². The van der Waals surface area contributed by atoms with Crippen LogP contribution in [-0.2, 0) is 6.18 Å². The van der Waals surface area contributed by atoms with Crippen molar-refractivity contribution in [1.82, 2.24) is 4.90 Å². The van der Waals surface area contributed by atoms with Crippen molar-refractivity contribution in [3.05, 3.63) is 33.8 Å². The number of carbonyl (C=O) groups is 1. The van der Waals surface area contributed by atoms with Crippen molar-refractivity contribution in [3.63, 3.8) is 0 Å². The van der Waals surface area contributed by atoms with E-state index in [0.29, 0.717) is 13.1 Å². The maximum atomic E-state index is 12.9. The molecule has 2 nitrogen and oxygen atoms in total. The molecule has 0 radical (unpaired) electrons. The predicted molar refractivity (Wildman–Crippen MR) is 66.4 cm³/mol. The molecule has 0 atom stereocenters. The topological polar surface area (TPSA) is 20.3 Å². The van der Waals surface area contributed by atoms with Crippen LogP contribution in [0.4, 0.5) is 13.2 Å². The first-order valence-electron chi connectivity index (χ1n) is 5.47. The minimum absolute atomic E-state index is 0.161. The van der Waals surface area contributed by atoms with Crippen LogP contribution in [0.1, 0.15) is 29.8 Å². The van der Waals surface area contributed by atoms with Crippen LogP contribution in [-0.4, -0.2) is 23.9 Å². The molecule has 0 aromatic heterocycles. The van der Waals surface area contributed by atoms with Gasteiger partial charge in [-0.25, -0.2) is 0 Å². The minimum Gasteiger partial charge on any atom is -0.339 e. The molecule has 0 bridgehead atoms. The van der Waals surface area contributed by atoms with Crippen molar-refractivity contribution >= 4 is 21.8 Å². The predicted octanol–water partition coefficient (Wildman–Crippen LogP) is 3.95. The van der Waals surface area contributed by atoms with Crippen LogP contribution >= 0.6 is 15.9 Å². The molecule has 0 saturated heterocycles. The first-order valence-corrected chi connectivity index (χ1v) is 6.27. The third-order valence-electron chi connectivity index (χ3n) is 2.58. The normalized spacial score (nSPS) is 11.4. The zero-order valence-electron chi connectivity index (χ0n) is 10.0. The third-order valence-corrected chi connectivity index (χ3v) is 3.24. The lowest BCUT2D eigenvalue weighted by Crippen LogP contribution is -2.32. The van der Waals surface area contributed by atoms with Gasteiger partial charge in [-0.1, -0.05) is 6.07 Å². The molecule has 0 spiro atoms. The monoisotopic (exact) mass is 323 g/mol. The number of halogens is 4. The molecule has 0 aliphatic heterocycles. The fourth-order valence-electron chi connectivity index (χ4n) is 1.65. The summed E-state index contributed by atoms with van der Waals surface area (Å²) >= 11 is 3.02. The Balaban J connectivity index is 3.35. The van der Waals surface area contributed by atoms with Gasteiger partial charge < -0.3 is 4.90 Å². The van der Waals surface area contributed by atoms with Gasteiger partial charge in [0.2, 0.25) is 0 Å². The van der Waals surface area contributed by atoms with E-state index < -0.39 is 17.6 Å². The smallest absolute Gasteiger partial charge is 0.339 e. The van der Waals surface area contributed by atoms with Crippen LogP contribution in [0.2, 0.25) is 0 Å². The van der Waals surface area contributed by atoms with Crippen molar-refractivity contribution in [3.8, 4) is 0 Å². The van der Waals surface area contributed by atoms with Gasteiger partial charge in [-0.15, -0.1) is 0 Å². The second-order valence-corrected chi connectivity index (χ2v) is 4.49. The summed E-state index contributed by atoms with van der Waals surface area (Å²) in [7, 11) is 0. The zero-order chi connectivity index (χ0) is 13.9. The summed E-state index contributed by atoms with van der Waals surface area (Å²) in [5, 5.41) is 0. The number of carbonyl (C=O) groups excluding carboxylic acids is 1. The highest BCUT2D eigenvalue weighted by Gasteiger charge is 2.36. The van der Waals surface area contributed by atoms with Crippen LogP contribution in [0.5, 0.6) is 0 Å². The number of benzene rings is 1. The van der Waals surface area contributed by atoms with Crippen LogP contribution in [0.15, 0.2) is 22.7 Å². The van der Waals surface area contributed by atoms with Gasteiger partial charge in [0.1, 0.15) is 0 Å². The fraction of sp³-hybridized carbons (Fsp3) is 0.417. The molecule has 0 aliphatic rings. The molecule has 100 valence electrons. The van der Waals surface area contributed by atoms with Crippen LogP contribution in [0.3, 0.4) is 0 Å². The van der Waals surface area contributed by atoms with Gasteiger partial charge in [-0.05, 0) is 41.9 Å². The van der Waals surface area contributed by atoms with Crippen molar-refractivity contribution in [2.75, 3.05) is 13.1 Å². The van der Waals surface area contributed by atoms with E-state index in [4.69, 9.17) is 0 Å². The second-order valence-electron chi connectivity index (χ2n) is 3.64. The highest BCUT2D eigenvalue weighted by Crippen LogP contribution is 2.35. The average Bonchev–Trinajstić information content (AvgIpc) is 2.28. The molecule has 0 fully saturated rings. The lowest BCUT2D eigenvalue weighted by atomic mass is 10.1. The Morgan fingerprint density at radius 1 is 1.28 bits per heavy atom. The Morgan fingerprint density at radius 3 is 2.28 bits per heavy atom. The fourth-order valence-corrected chi connectivity index (χ4v) is 2.18. The molecule has 0 saturated carbocycles. The van der Waals surface area contributed by atoms with Gasteiger partial charge >= 0.3 is 6.18 Å². The Kier molecular flexibility index (Phi) is 4.78. The maximum absolute atomic E-state index is 12.9. The SMILES string of the molecule is CCN(CC)C(=O)c1c(Br)cccc1C(F)(F)F. The van der Waals surface area contributed by atoms with Crippen LogP contribution in [0.25, 0.3) is 0 Å². The average molecular weight is 324 g/mol. The van der Waals surface area contributed by atoms with Crippen molar-refractivity contribution in [2.24, 2.45) is 0 Å². The molecule has 0 unspecified atom stereocenters. The van der Waals surface area contributed by atoms with Crippen molar-refractivity contribution in [2.45, 2.75) is 20.0 Å². The lowest BCUT2D eigenvalue weighted by Gasteiger charge is -2.22. The third kappa shape index (κ3) is 3.04. The number of hydrogen-bond acceptors (Lipinski definition) is 1. The van der Waals surface area contributed by atoms with Crippen molar-refractivity contribution < 1.29 is 18.0 Å². The summed E-state index contributed by atoms with van der Waals surface area (Å²) in [5.41, 5.74) is -1.23. The van der Waals surface area contributed by atoms with E-state index in [0.717, 1.165) is 6.07 Å². The van der Waals surface area contributed by atoms with Gasteiger partial charge in [-0.2, -0.15) is 13.2 Å². The van der Waals surface area contributed by atoms with Gasteiger partial charge in [-0.3, -0.25) is 4.79 Å². The Morgan fingerprint density at radius 2 is 1.83 bits per heavy atom. The van der Waals surface area contributed by atoms with E-state index in [1.54, 1.807) is 13.8 Å². The molecular weight excluding hydrogens is 311 g/mol. The van der Waals surface area contributed by atoms with E-state index in [1.165, 1.54) is 17.0 Å². The number of hydrogen-bond donors (Lipinski definition) is 0. The second kappa shape index (κ2) is 5.73. The molecular formula is C12H13BrF3NO. The molecule has 1 rings (SSSR count). The molecule has 1 aromatic carbocycles. The number of amides is 1. The van der Waals surface area contributed by atoms with E-state index in [9.17, 15) is 18.0 Å². The highest BCUT2D eigenvalue weighted by atomic mass is 79.9. The molecule has 0 heterocycles.